The summed E-state index contributed by atoms with van der Waals surface area (Å²) in [5, 5.41) is 11.1. The topological polar surface area (TPSA) is 128 Å². The van der Waals surface area contributed by atoms with Gasteiger partial charge in [0.15, 0.2) is 0 Å². The molecule has 0 aliphatic carbocycles. The molecule has 2 atom stereocenters. The number of carboxylic acids is 1. The van der Waals surface area contributed by atoms with E-state index < -0.39 is 35.8 Å². The molecule has 0 aromatic carbocycles. The van der Waals surface area contributed by atoms with E-state index >= 15 is 0 Å². The summed E-state index contributed by atoms with van der Waals surface area (Å²) in [5.41, 5.74) is 4.54. The van der Waals surface area contributed by atoms with Gasteiger partial charge in [-0.2, -0.15) is 0 Å². The second-order valence-electron chi connectivity index (χ2n) is 4.10. The summed E-state index contributed by atoms with van der Waals surface area (Å²) < 4.78 is 9.35. The van der Waals surface area contributed by atoms with E-state index in [9.17, 15) is 14.4 Å². The lowest BCUT2D eigenvalue weighted by molar-refractivity contribution is -0.149. The van der Waals surface area contributed by atoms with Crippen molar-refractivity contribution in [3.8, 4) is 0 Å². The second-order valence-corrected chi connectivity index (χ2v) is 4.10. The smallest absolute Gasteiger partial charge is 0.326 e. The fourth-order valence-electron chi connectivity index (χ4n) is 1.51. The third kappa shape index (κ3) is 3.41. The summed E-state index contributed by atoms with van der Waals surface area (Å²) in [6.45, 7) is 0.377. The number of amides is 1. The quantitative estimate of drug-likeness (QED) is 0.499. The highest BCUT2D eigenvalue weighted by atomic mass is 16.5. The Balaban J connectivity index is 2.63. The molecule has 1 aliphatic rings. The van der Waals surface area contributed by atoms with Crippen LogP contribution >= 0.6 is 0 Å². The molecule has 1 unspecified atom stereocenters. The molecule has 1 rings (SSSR count). The van der Waals surface area contributed by atoms with Gasteiger partial charge in [-0.05, 0) is 6.42 Å². The molecule has 1 aliphatic heterocycles. The lowest BCUT2D eigenvalue weighted by Gasteiger charge is -2.23. The maximum absolute atomic E-state index is 11.8. The van der Waals surface area contributed by atoms with Crippen molar-refractivity contribution in [3.05, 3.63) is 0 Å². The number of carboxylic acid groups (broad SMARTS) is 1. The minimum atomic E-state index is -1.36. The first-order valence-corrected chi connectivity index (χ1v) is 5.36. The van der Waals surface area contributed by atoms with Gasteiger partial charge >= 0.3 is 11.9 Å². The van der Waals surface area contributed by atoms with Gasteiger partial charge < -0.3 is 25.6 Å². The van der Waals surface area contributed by atoms with E-state index in [0.717, 1.165) is 7.11 Å². The molecule has 0 aromatic rings. The maximum Gasteiger partial charge on any atom is 0.326 e. The molecule has 0 bridgehead atoms. The molecular formula is C10H16N2O6. The number of aliphatic carboxylic acids is 1. The maximum atomic E-state index is 11.8. The first-order valence-electron chi connectivity index (χ1n) is 5.36. The van der Waals surface area contributed by atoms with Gasteiger partial charge in [-0.15, -0.1) is 0 Å². The van der Waals surface area contributed by atoms with Crippen LogP contribution in [0.1, 0.15) is 12.8 Å². The minimum absolute atomic E-state index is 0.0311. The van der Waals surface area contributed by atoms with Crippen molar-refractivity contribution in [2.24, 2.45) is 5.73 Å². The Morgan fingerprint density at radius 3 is 2.67 bits per heavy atom. The molecule has 18 heavy (non-hydrogen) atoms. The fourth-order valence-corrected chi connectivity index (χ4v) is 1.51. The molecule has 0 saturated carbocycles. The summed E-state index contributed by atoms with van der Waals surface area (Å²) in [7, 11) is 1.14. The van der Waals surface area contributed by atoms with E-state index in [2.05, 4.69) is 10.1 Å². The monoisotopic (exact) mass is 260 g/mol. The molecular weight excluding hydrogens is 244 g/mol. The Kier molecular flexibility index (Phi) is 4.62. The second kappa shape index (κ2) is 5.78. The van der Waals surface area contributed by atoms with Gasteiger partial charge in [-0.25, -0.2) is 4.79 Å². The van der Waals surface area contributed by atoms with Gasteiger partial charge in [0.1, 0.15) is 11.6 Å². The average molecular weight is 260 g/mol. The number of rotatable bonds is 5. The third-order valence-corrected chi connectivity index (χ3v) is 2.71. The Morgan fingerprint density at radius 1 is 1.56 bits per heavy atom. The zero-order valence-electron chi connectivity index (χ0n) is 9.97. The average Bonchev–Trinajstić information content (AvgIpc) is 2.76. The largest absolute Gasteiger partial charge is 0.480 e. The molecule has 1 fully saturated rings. The molecule has 4 N–H and O–H groups in total. The molecule has 0 spiro atoms. The predicted molar refractivity (Wildman–Crippen MR) is 58.6 cm³/mol. The van der Waals surface area contributed by atoms with Gasteiger partial charge in [0.05, 0.1) is 20.1 Å². The van der Waals surface area contributed by atoms with Crippen LogP contribution in [-0.2, 0) is 23.9 Å². The van der Waals surface area contributed by atoms with E-state index in [-0.39, 0.29) is 6.61 Å². The normalized spacial score (nSPS) is 24.3. The molecule has 8 nitrogen and oxygen atoms in total. The summed E-state index contributed by atoms with van der Waals surface area (Å²) in [6, 6.07) is -1.36. The summed E-state index contributed by atoms with van der Waals surface area (Å²) >= 11 is 0. The first-order chi connectivity index (χ1) is 8.39. The minimum Gasteiger partial charge on any atom is -0.480 e. The van der Waals surface area contributed by atoms with Crippen molar-refractivity contribution in [1.29, 1.82) is 0 Å². The lowest BCUT2D eigenvalue weighted by atomic mass is 9.98. The van der Waals surface area contributed by atoms with Crippen molar-refractivity contribution in [1.82, 2.24) is 5.32 Å². The highest BCUT2D eigenvalue weighted by Gasteiger charge is 2.40. The van der Waals surface area contributed by atoms with Crippen LogP contribution in [0.25, 0.3) is 0 Å². The number of nitrogens with one attached hydrogen (secondary N) is 1. The molecule has 0 aromatic heterocycles. The summed E-state index contributed by atoms with van der Waals surface area (Å²) in [5.74, 6) is -2.69. The van der Waals surface area contributed by atoms with Crippen molar-refractivity contribution >= 4 is 17.8 Å². The Morgan fingerprint density at radius 2 is 2.22 bits per heavy atom. The Hall–Kier alpha value is -1.67. The molecule has 1 heterocycles. The standard InChI is InChI=1S/C10H16N2O6/c1-17-7(13)4-6(8(14)15)12-9(16)10(11)2-3-18-5-10/h6H,2-5,11H2,1H3,(H,12,16)(H,14,15)/t6-,10?/m0/s1. The number of carbonyl (C=O) groups is 3. The van der Waals surface area contributed by atoms with Gasteiger partial charge in [0, 0.05) is 6.61 Å². The summed E-state index contributed by atoms with van der Waals surface area (Å²) in [4.78, 5) is 33.7. The van der Waals surface area contributed by atoms with Crippen molar-refractivity contribution in [3.63, 3.8) is 0 Å². The van der Waals surface area contributed by atoms with E-state index in [1.54, 1.807) is 0 Å². The number of carbonyl (C=O) groups excluding carboxylic acids is 2. The van der Waals surface area contributed by atoms with E-state index in [0.29, 0.717) is 13.0 Å². The molecule has 0 radical (unpaired) electrons. The van der Waals surface area contributed by atoms with E-state index in [4.69, 9.17) is 15.6 Å². The Labute approximate surface area is 103 Å². The van der Waals surface area contributed by atoms with Crippen LogP contribution in [0.4, 0.5) is 0 Å². The number of ether oxygens (including phenoxy) is 2. The molecule has 1 saturated heterocycles. The zero-order chi connectivity index (χ0) is 13.8. The highest BCUT2D eigenvalue weighted by Crippen LogP contribution is 2.15. The van der Waals surface area contributed by atoms with Gasteiger partial charge in [-0.3, -0.25) is 9.59 Å². The number of nitrogens with two attached hydrogens (primary N) is 1. The molecule has 102 valence electrons. The van der Waals surface area contributed by atoms with E-state index in [1.165, 1.54) is 0 Å². The van der Waals surface area contributed by atoms with Crippen LogP contribution in [0.15, 0.2) is 0 Å². The summed E-state index contributed by atoms with van der Waals surface area (Å²) in [6.07, 6.45) is -0.141. The van der Waals surface area contributed by atoms with Crippen LogP contribution in [0.3, 0.4) is 0 Å². The van der Waals surface area contributed by atoms with Crippen molar-refractivity contribution < 1.29 is 29.0 Å². The Bertz CT molecular complexity index is 350. The molecule has 8 heteroatoms. The molecule has 1 amide bonds. The van der Waals surface area contributed by atoms with Crippen LogP contribution in [0, 0.1) is 0 Å². The van der Waals surface area contributed by atoms with E-state index in [1.807, 2.05) is 0 Å². The number of esters is 1. The lowest BCUT2D eigenvalue weighted by Crippen LogP contribution is -2.58. The van der Waals surface area contributed by atoms with Crippen molar-refractivity contribution in [2.75, 3.05) is 20.3 Å². The van der Waals surface area contributed by atoms with Crippen LogP contribution < -0.4 is 11.1 Å². The van der Waals surface area contributed by atoms with Gasteiger partial charge in [0.25, 0.3) is 0 Å². The van der Waals surface area contributed by atoms with Crippen molar-refractivity contribution in [2.45, 2.75) is 24.4 Å². The number of hydrogen-bond donors (Lipinski definition) is 3. The van der Waals surface area contributed by atoms with Crippen LogP contribution in [0.2, 0.25) is 0 Å². The van der Waals surface area contributed by atoms with Gasteiger partial charge in [-0.1, -0.05) is 0 Å². The predicted octanol–water partition coefficient (Wildman–Crippen LogP) is -1.76. The van der Waals surface area contributed by atoms with Gasteiger partial charge in [0.2, 0.25) is 5.91 Å². The number of hydrogen-bond acceptors (Lipinski definition) is 6. The SMILES string of the molecule is COC(=O)C[C@H](NC(=O)C1(N)CCOC1)C(=O)O. The fraction of sp³-hybridized carbons (Fsp3) is 0.700. The first kappa shape index (κ1) is 14.4. The number of methoxy groups -OCH3 is 1. The van der Waals surface area contributed by atoms with Crippen LogP contribution in [-0.4, -0.2) is 54.9 Å². The highest BCUT2D eigenvalue weighted by molar-refractivity contribution is 5.92. The zero-order valence-corrected chi connectivity index (χ0v) is 9.97. The van der Waals surface area contributed by atoms with Crippen LogP contribution in [0.5, 0.6) is 0 Å². The third-order valence-electron chi connectivity index (χ3n) is 2.71.